The summed E-state index contributed by atoms with van der Waals surface area (Å²) in [7, 11) is 0. The van der Waals surface area contributed by atoms with E-state index in [0.717, 1.165) is 0 Å². The Labute approximate surface area is 223 Å². The Morgan fingerprint density at radius 1 is 0.316 bits per heavy atom. The first-order chi connectivity index (χ1) is 18.0. The van der Waals surface area contributed by atoms with E-state index in [2.05, 4.69) is 0 Å². The molecule has 2 N–H and O–H groups in total. The highest BCUT2D eigenvalue weighted by atomic mass is 16.2. The van der Waals surface area contributed by atoms with Gasteiger partial charge in [0, 0.05) is 109 Å². The van der Waals surface area contributed by atoms with Gasteiger partial charge in [0.1, 0.15) is 52.0 Å². The lowest BCUT2D eigenvalue weighted by Crippen LogP contribution is -2.15. The Balaban J connectivity index is 3.93. The summed E-state index contributed by atoms with van der Waals surface area (Å²) in [5.41, 5.74) is 5.17. The van der Waals surface area contributed by atoms with E-state index in [1.807, 2.05) is 0 Å². The van der Waals surface area contributed by atoms with Crippen molar-refractivity contribution < 1.29 is 43.2 Å². The summed E-state index contributed by atoms with van der Waals surface area (Å²) in [5, 5.41) is 0. The number of carbonyl (C=O) groups is 9. The summed E-state index contributed by atoms with van der Waals surface area (Å²) in [6.07, 6.45) is 0.725. The number of hydrogen-bond donors (Lipinski definition) is 1. The minimum absolute atomic E-state index is 0.0000541. The average Bonchev–Trinajstić information content (AvgIpc) is 2.91. The van der Waals surface area contributed by atoms with Crippen LogP contribution in [0.5, 0.6) is 0 Å². The summed E-state index contributed by atoms with van der Waals surface area (Å²) < 4.78 is 0. The molecule has 0 aromatic rings. The molecule has 0 aromatic carbocycles. The van der Waals surface area contributed by atoms with E-state index < -0.39 is 0 Å². The highest BCUT2D eigenvalue weighted by Gasteiger charge is 2.15. The predicted molar refractivity (Wildman–Crippen MR) is 138 cm³/mol. The third-order valence-electron chi connectivity index (χ3n) is 6.08. The van der Waals surface area contributed by atoms with Crippen LogP contribution in [0.4, 0.5) is 0 Å². The zero-order valence-electron chi connectivity index (χ0n) is 22.5. The second kappa shape index (κ2) is 21.0. The molecule has 0 saturated heterocycles. The zero-order valence-corrected chi connectivity index (χ0v) is 22.5. The molecule has 0 unspecified atom stereocenters. The lowest BCUT2D eigenvalue weighted by atomic mass is 10.00. The maximum Gasteiger partial charge on any atom is 0.146 e. The van der Waals surface area contributed by atoms with Gasteiger partial charge in [-0.15, -0.1) is 0 Å². The van der Waals surface area contributed by atoms with Crippen molar-refractivity contribution in [3.8, 4) is 0 Å². The van der Waals surface area contributed by atoms with Crippen LogP contribution in [-0.2, 0) is 43.2 Å². The van der Waals surface area contributed by atoms with Crippen LogP contribution in [0.3, 0.4) is 0 Å². The molecule has 0 heterocycles. The smallest absolute Gasteiger partial charge is 0.146 e. The maximum absolute atomic E-state index is 12.0. The van der Waals surface area contributed by atoms with E-state index in [-0.39, 0.29) is 161 Å². The standard InChI is InChI=1S/C28H41NO9/c1-2-20(30)3-4-21(31)5-6-22(32)7-8-23(33)9-10-24(34)11-12-25(35)13-14-26(36)15-16-27(37)17-18-28(38)19-29/h2-19,29H2,1H3. The van der Waals surface area contributed by atoms with Gasteiger partial charge in [-0.1, -0.05) is 6.92 Å². The minimum atomic E-state index is -0.255. The van der Waals surface area contributed by atoms with E-state index in [9.17, 15) is 43.2 Å². The Morgan fingerprint density at radius 3 is 0.632 bits per heavy atom. The van der Waals surface area contributed by atoms with Crippen LogP contribution in [0.25, 0.3) is 0 Å². The number of Topliss-reactive ketones (excluding diaryl/α,β-unsaturated/α-hetero) is 9. The van der Waals surface area contributed by atoms with E-state index in [0.29, 0.717) is 6.42 Å². The highest BCUT2D eigenvalue weighted by molar-refractivity contribution is 5.93. The lowest BCUT2D eigenvalue weighted by molar-refractivity contribution is -0.128. The normalized spacial score (nSPS) is 10.6. The molecule has 0 saturated carbocycles. The van der Waals surface area contributed by atoms with Crippen molar-refractivity contribution in [2.45, 2.75) is 116 Å². The highest BCUT2D eigenvalue weighted by Crippen LogP contribution is 2.09. The van der Waals surface area contributed by atoms with Crippen LogP contribution in [-0.4, -0.2) is 58.6 Å². The van der Waals surface area contributed by atoms with Gasteiger partial charge in [0.05, 0.1) is 6.54 Å². The van der Waals surface area contributed by atoms with Gasteiger partial charge in [0.2, 0.25) is 0 Å². The molecule has 212 valence electrons. The fourth-order valence-corrected chi connectivity index (χ4v) is 3.38. The molecule has 0 aliphatic carbocycles. The molecule has 0 fully saturated rings. The molecule has 0 spiro atoms. The summed E-state index contributed by atoms with van der Waals surface area (Å²) in [5.74, 6) is -1.79. The van der Waals surface area contributed by atoms with Crippen molar-refractivity contribution in [2.24, 2.45) is 5.73 Å². The fourth-order valence-electron chi connectivity index (χ4n) is 3.38. The quantitative estimate of drug-likeness (QED) is 0.173. The van der Waals surface area contributed by atoms with Crippen LogP contribution in [0, 0.1) is 0 Å². The number of ketones is 9. The van der Waals surface area contributed by atoms with Crippen LogP contribution in [0.15, 0.2) is 0 Å². The fraction of sp³-hybridized carbons (Fsp3) is 0.679. The summed E-state index contributed by atoms with van der Waals surface area (Å²) >= 11 is 0. The molecule has 0 atom stereocenters. The van der Waals surface area contributed by atoms with Crippen LogP contribution < -0.4 is 5.73 Å². The van der Waals surface area contributed by atoms with Gasteiger partial charge in [0.25, 0.3) is 0 Å². The second-order valence-electron chi connectivity index (χ2n) is 9.41. The number of nitrogens with two attached hydrogens (primary N) is 1. The molecule has 38 heavy (non-hydrogen) atoms. The molecule has 0 rings (SSSR count). The van der Waals surface area contributed by atoms with Gasteiger partial charge < -0.3 is 5.73 Å². The Hall–Kier alpha value is -3.01. The molecular formula is C28H41NO9. The largest absolute Gasteiger partial charge is 0.324 e. The molecular weight excluding hydrogens is 494 g/mol. The van der Waals surface area contributed by atoms with Crippen molar-refractivity contribution in [1.82, 2.24) is 0 Å². The first-order valence-electron chi connectivity index (χ1n) is 13.3. The minimum Gasteiger partial charge on any atom is -0.324 e. The van der Waals surface area contributed by atoms with Crippen LogP contribution in [0.1, 0.15) is 116 Å². The van der Waals surface area contributed by atoms with E-state index in [4.69, 9.17) is 5.73 Å². The predicted octanol–water partition coefficient (Wildman–Crippen LogP) is 2.72. The summed E-state index contributed by atoms with van der Waals surface area (Å²) in [6, 6.07) is 0. The average molecular weight is 536 g/mol. The second-order valence-corrected chi connectivity index (χ2v) is 9.41. The third-order valence-corrected chi connectivity index (χ3v) is 6.08. The molecule has 0 aliphatic rings. The van der Waals surface area contributed by atoms with E-state index in [1.54, 1.807) is 6.92 Å². The van der Waals surface area contributed by atoms with Crippen molar-refractivity contribution in [3.05, 3.63) is 0 Å². The maximum atomic E-state index is 12.0. The Morgan fingerprint density at radius 2 is 0.474 bits per heavy atom. The van der Waals surface area contributed by atoms with Gasteiger partial charge in [0.15, 0.2) is 0 Å². The topological polar surface area (TPSA) is 180 Å². The monoisotopic (exact) mass is 535 g/mol. The van der Waals surface area contributed by atoms with Gasteiger partial charge in [-0.05, 0) is 0 Å². The first-order valence-corrected chi connectivity index (χ1v) is 13.3. The van der Waals surface area contributed by atoms with E-state index >= 15 is 0 Å². The van der Waals surface area contributed by atoms with Gasteiger partial charge >= 0.3 is 0 Å². The van der Waals surface area contributed by atoms with Crippen LogP contribution in [0.2, 0.25) is 0 Å². The summed E-state index contributed by atoms with van der Waals surface area (Å²) in [4.78, 5) is 105. The summed E-state index contributed by atoms with van der Waals surface area (Å²) in [6.45, 7) is 1.60. The number of rotatable bonds is 26. The van der Waals surface area contributed by atoms with Crippen molar-refractivity contribution >= 4 is 52.0 Å². The number of hydrogen-bond acceptors (Lipinski definition) is 10. The number of carbonyl (C=O) groups excluding carboxylic acids is 9. The molecule has 0 radical (unpaired) electrons. The lowest BCUT2D eigenvalue weighted by Gasteiger charge is -2.03. The van der Waals surface area contributed by atoms with Crippen molar-refractivity contribution in [1.29, 1.82) is 0 Å². The molecule has 0 aliphatic heterocycles. The van der Waals surface area contributed by atoms with Gasteiger partial charge in [-0.3, -0.25) is 43.2 Å². The van der Waals surface area contributed by atoms with Crippen molar-refractivity contribution in [2.75, 3.05) is 6.54 Å². The SMILES string of the molecule is CCC(=O)CCC(=O)CCC(=O)CCC(=O)CCC(=O)CCC(=O)CCC(=O)CCC(=O)CCC(=O)CN. The Bertz CT molecular complexity index is 819. The Kier molecular flexibility index (Phi) is 19.3. The third kappa shape index (κ3) is 20.1. The molecule has 10 heteroatoms. The molecule has 0 aromatic heterocycles. The van der Waals surface area contributed by atoms with Gasteiger partial charge in [-0.25, -0.2) is 0 Å². The molecule has 10 nitrogen and oxygen atoms in total. The molecule has 0 amide bonds. The van der Waals surface area contributed by atoms with E-state index in [1.165, 1.54) is 0 Å². The zero-order chi connectivity index (χ0) is 28.9. The first kappa shape index (κ1) is 35.0. The molecule has 0 bridgehead atoms. The van der Waals surface area contributed by atoms with Gasteiger partial charge in [-0.2, -0.15) is 0 Å². The van der Waals surface area contributed by atoms with Crippen molar-refractivity contribution in [3.63, 3.8) is 0 Å². The van der Waals surface area contributed by atoms with Crippen LogP contribution >= 0.6 is 0 Å².